The van der Waals surface area contributed by atoms with E-state index in [1.165, 1.54) is 6.42 Å². The maximum atomic E-state index is 10.8. The van der Waals surface area contributed by atoms with Crippen LogP contribution in [0.4, 0.5) is 0 Å². The molecule has 0 aliphatic carbocycles. The van der Waals surface area contributed by atoms with E-state index >= 15 is 0 Å². The van der Waals surface area contributed by atoms with Crippen molar-refractivity contribution in [3.8, 4) is 0 Å². The molecule has 4 N–H and O–H groups in total. The van der Waals surface area contributed by atoms with Gasteiger partial charge in [-0.15, -0.1) is 0 Å². The number of hydrogen-bond donors (Lipinski definition) is 3. The first-order chi connectivity index (χ1) is 8.20. The SMILES string of the molecule is N[C@H]1CCCCNC1=O.O=C1CCCCCN1.[Pt]. The molecule has 0 bridgehead atoms. The molecule has 0 saturated carbocycles. The predicted octanol–water partition coefficient (Wildman–Crippen LogP) is 0.288. The fraction of sp³-hybridized carbons (Fsp3) is 0.833. The first kappa shape index (κ1) is 17.6. The number of nitrogens with one attached hydrogen (secondary N) is 2. The number of carbonyl (C=O) groups excluding carboxylic acids is 2. The molecule has 18 heavy (non-hydrogen) atoms. The molecular weight excluding hydrogens is 413 g/mol. The fourth-order valence-electron chi connectivity index (χ4n) is 1.87. The minimum absolute atomic E-state index is 0. The van der Waals surface area contributed by atoms with E-state index in [0.717, 1.165) is 51.6 Å². The van der Waals surface area contributed by atoms with Gasteiger partial charge in [0.05, 0.1) is 6.04 Å². The molecular formula is C12H23N3O2Pt. The first-order valence-corrected chi connectivity index (χ1v) is 6.50. The molecule has 2 fully saturated rings. The summed E-state index contributed by atoms with van der Waals surface area (Å²) in [6.07, 6.45) is 7.15. The smallest absolute Gasteiger partial charge is 0.236 e. The summed E-state index contributed by atoms with van der Waals surface area (Å²) < 4.78 is 0. The van der Waals surface area contributed by atoms with E-state index in [1.54, 1.807) is 0 Å². The van der Waals surface area contributed by atoms with Crippen LogP contribution < -0.4 is 16.4 Å². The summed E-state index contributed by atoms with van der Waals surface area (Å²) in [5, 5.41) is 5.54. The molecule has 0 spiro atoms. The van der Waals surface area contributed by atoms with Gasteiger partial charge in [-0.05, 0) is 32.1 Å². The van der Waals surface area contributed by atoms with Gasteiger partial charge in [-0.1, -0.05) is 6.42 Å². The van der Waals surface area contributed by atoms with E-state index in [4.69, 9.17) is 5.73 Å². The van der Waals surface area contributed by atoms with Crippen LogP contribution in [0.15, 0.2) is 0 Å². The van der Waals surface area contributed by atoms with E-state index < -0.39 is 0 Å². The Labute approximate surface area is 123 Å². The predicted molar refractivity (Wildman–Crippen MR) is 66.3 cm³/mol. The maximum Gasteiger partial charge on any atom is 0.236 e. The molecule has 0 aromatic carbocycles. The number of carbonyl (C=O) groups is 2. The van der Waals surface area contributed by atoms with Crippen molar-refractivity contribution in [1.29, 1.82) is 0 Å². The molecule has 2 saturated heterocycles. The van der Waals surface area contributed by atoms with Gasteiger partial charge in [-0.3, -0.25) is 9.59 Å². The molecule has 2 aliphatic heterocycles. The van der Waals surface area contributed by atoms with Crippen molar-refractivity contribution in [3.63, 3.8) is 0 Å². The number of nitrogens with two attached hydrogens (primary N) is 1. The normalized spacial score (nSPS) is 24.2. The van der Waals surface area contributed by atoms with Crippen molar-refractivity contribution in [1.82, 2.24) is 10.6 Å². The van der Waals surface area contributed by atoms with Crippen molar-refractivity contribution >= 4 is 11.8 Å². The summed E-state index contributed by atoms with van der Waals surface area (Å²) >= 11 is 0. The molecule has 6 heteroatoms. The summed E-state index contributed by atoms with van der Waals surface area (Å²) in [5.74, 6) is 0.231. The summed E-state index contributed by atoms with van der Waals surface area (Å²) in [7, 11) is 0. The van der Waals surface area contributed by atoms with Crippen LogP contribution in [0.25, 0.3) is 0 Å². The summed E-state index contributed by atoms with van der Waals surface area (Å²) in [6.45, 7) is 1.69. The average Bonchev–Trinajstić information content (AvgIpc) is 2.65. The molecule has 0 radical (unpaired) electrons. The van der Waals surface area contributed by atoms with Crippen LogP contribution in [0.3, 0.4) is 0 Å². The van der Waals surface area contributed by atoms with Crippen molar-refractivity contribution in [2.24, 2.45) is 5.73 Å². The molecule has 1 atom stereocenters. The van der Waals surface area contributed by atoms with Crippen LogP contribution in [0, 0.1) is 0 Å². The van der Waals surface area contributed by atoms with Gasteiger partial charge in [0, 0.05) is 40.6 Å². The Morgan fingerprint density at radius 2 is 1.61 bits per heavy atom. The third-order valence-corrected chi connectivity index (χ3v) is 2.98. The van der Waals surface area contributed by atoms with Gasteiger partial charge in [0.25, 0.3) is 0 Å². The Bertz CT molecular complexity index is 252. The molecule has 2 amide bonds. The third-order valence-electron chi connectivity index (χ3n) is 2.98. The Morgan fingerprint density at radius 3 is 2.39 bits per heavy atom. The molecule has 0 aromatic heterocycles. The first-order valence-electron chi connectivity index (χ1n) is 6.50. The zero-order valence-corrected chi connectivity index (χ0v) is 12.9. The minimum Gasteiger partial charge on any atom is -0.356 e. The standard InChI is InChI=1S/C6H12N2O.C6H11NO.Pt/c7-5-3-1-2-4-8-6(5)9;8-6-4-2-1-3-5-7-6;/h5H,1-4,7H2,(H,8,9);1-5H2,(H,7,8);/t5-;;/m0../s1. The second kappa shape index (κ2) is 10.5. The number of amides is 2. The van der Waals surface area contributed by atoms with Gasteiger partial charge in [-0.25, -0.2) is 0 Å². The van der Waals surface area contributed by atoms with Crippen LogP contribution in [0.2, 0.25) is 0 Å². The monoisotopic (exact) mass is 436 g/mol. The molecule has 0 unspecified atom stereocenters. The van der Waals surface area contributed by atoms with Crippen LogP contribution >= 0.6 is 0 Å². The van der Waals surface area contributed by atoms with Gasteiger partial charge in [0.1, 0.15) is 0 Å². The second-order valence-corrected chi connectivity index (χ2v) is 4.55. The van der Waals surface area contributed by atoms with E-state index in [0.29, 0.717) is 0 Å². The summed E-state index contributed by atoms with van der Waals surface area (Å²) in [4.78, 5) is 21.3. The molecule has 5 nitrogen and oxygen atoms in total. The van der Waals surface area contributed by atoms with Crippen LogP contribution in [0.1, 0.15) is 44.9 Å². The second-order valence-electron chi connectivity index (χ2n) is 4.55. The number of hydrogen-bond acceptors (Lipinski definition) is 3. The van der Waals surface area contributed by atoms with Crippen molar-refractivity contribution < 1.29 is 30.7 Å². The maximum absolute atomic E-state index is 10.8. The van der Waals surface area contributed by atoms with Crippen LogP contribution in [0.5, 0.6) is 0 Å². The fourth-order valence-corrected chi connectivity index (χ4v) is 1.87. The summed E-state index contributed by atoms with van der Waals surface area (Å²) in [5.41, 5.74) is 5.47. The summed E-state index contributed by atoms with van der Waals surface area (Å²) in [6, 6.07) is -0.257. The Balaban J connectivity index is 0.000000306. The van der Waals surface area contributed by atoms with Gasteiger partial charge >= 0.3 is 0 Å². The molecule has 2 rings (SSSR count). The van der Waals surface area contributed by atoms with E-state index in [2.05, 4.69) is 10.6 Å². The minimum atomic E-state index is -0.257. The molecule has 2 aliphatic rings. The zero-order chi connectivity index (χ0) is 12.5. The van der Waals surface area contributed by atoms with Gasteiger partial charge in [-0.2, -0.15) is 0 Å². The van der Waals surface area contributed by atoms with E-state index in [-0.39, 0.29) is 38.9 Å². The largest absolute Gasteiger partial charge is 0.356 e. The van der Waals surface area contributed by atoms with E-state index in [9.17, 15) is 9.59 Å². The van der Waals surface area contributed by atoms with Crippen molar-refractivity contribution in [2.75, 3.05) is 13.1 Å². The zero-order valence-electron chi connectivity index (χ0n) is 10.7. The van der Waals surface area contributed by atoms with Crippen molar-refractivity contribution in [3.05, 3.63) is 0 Å². The van der Waals surface area contributed by atoms with Gasteiger partial charge < -0.3 is 16.4 Å². The third kappa shape index (κ3) is 7.83. The average molecular weight is 436 g/mol. The topological polar surface area (TPSA) is 84.2 Å². The Hall–Kier alpha value is -0.412. The molecule has 2 heterocycles. The molecule has 108 valence electrons. The van der Waals surface area contributed by atoms with Gasteiger partial charge in [0.15, 0.2) is 0 Å². The quantitative estimate of drug-likeness (QED) is 0.511. The van der Waals surface area contributed by atoms with Crippen molar-refractivity contribution in [2.45, 2.75) is 51.0 Å². The Kier molecular flexibility index (Phi) is 10.3. The molecule has 0 aromatic rings. The number of rotatable bonds is 0. The Morgan fingerprint density at radius 1 is 0.944 bits per heavy atom. The van der Waals surface area contributed by atoms with Crippen LogP contribution in [-0.2, 0) is 30.7 Å². The van der Waals surface area contributed by atoms with E-state index in [1.807, 2.05) is 0 Å². The van der Waals surface area contributed by atoms with Crippen LogP contribution in [-0.4, -0.2) is 30.9 Å². The van der Waals surface area contributed by atoms with Gasteiger partial charge in [0.2, 0.25) is 11.8 Å².